The van der Waals surface area contributed by atoms with Crippen LogP contribution in [0.1, 0.15) is 43.9 Å². The maximum atomic E-state index is 14.6. The first-order valence-electron chi connectivity index (χ1n) is 15.6. The van der Waals surface area contributed by atoms with E-state index >= 15 is 0 Å². The molecule has 0 aliphatic carbocycles. The third-order valence-electron chi connectivity index (χ3n) is 7.75. The van der Waals surface area contributed by atoms with Crippen molar-refractivity contribution in [2.24, 2.45) is 0 Å². The number of rotatable bonds is 15. The number of carbonyl (C=O) groups is 2. The summed E-state index contributed by atoms with van der Waals surface area (Å²) in [5, 5.41) is 3.06. The summed E-state index contributed by atoms with van der Waals surface area (Å²) < 4.78 is 34.9. The molecule has 0 saturated carbocycles. The van der Waals surface area contributed by atoms with Crippen molar-refractivity contribution in [3.8, 4) is 5.75 Å². The Bertz CT molecular complexity index is 1680. The van der Waals surface area contributed by atoms with Crippen LogP contribution in [-0.2, 0) is 32.6 Å². The van der Waals surface area contributed by atoms with Gasteiger partial charge < -0.3 is 15.0 Å². The van der Waals surface area contributed by atoms with Gasteiger partial charge in [0.25, 0.3) is 10.0 Å². The third kappa shape index (κ3) is 8.97. The van der Waals surface area contributed by atoms with Crippen LogP contribution in [0.2, 0.25) is 0 Å². The van der Waals surface area contributed by atoms with Gasteiger partial charge in [0.2, 0.25) is 11.8 Å². The highest BCUT2D eigenvalue weighted by Crippen LogP contribution is 2.27. The van der Waals surface area contributed by atoms with Crippen LogP contribution in [0.3, 0.4) is 0 Å². The number of benzene rings is 4. The Morgan fingerprint density at radius 3 is 2.07 bits per heavy atom. The minimum absolute atomic E-state index is 0.0530. The molecule has 0 fully saturated rings. The number of sulfonamides is 1. The second kappa shape index (κ2) is 16.1. The number of carbonyl (C=O) groups excluding carboxylic acids is 2. The second-order valence-corrected chi connectivity index (χ2v) is 13.1. The van der Waals surface area contributed by atoms with E-state index < -0.39 is 28.5 Å². The zero-order valence-electron chi connectivity index (χ0n) is 26.9. The number of amides is 2. The number of hydrogen-bond donors (Lipinski definition) is 1. The highest BCUT2D eigenvalue weighted by atomic mass is 32.2. The van der Waals surface area contributed by atoms with Crippen molar-refractivity contribution in [2.75, 3.05) is 17.5 Å². The fraction of sp³-hybridized carbons (Fsp3) is 0.297. The molecular formula is C37H43N3O5S. The van der Waals surface area contributed by atoms with Crippen molar-refractivity contribution in [2.45, 2.75) is 64.1 Å². The second-order valence-electron chi connectivity index (χ2n) is 11.3. The summed E-state index contributed by atoms with van der Waals surface area (Å²) in [4.78, 5) is 30.1. The molecule has 9 heteroatoms. The molecule has 4 aromatic rings. The van der Waals surface area contributed by atoms with Gasteiger partial charge in [0.05, 0.1) is 17.2 Å². The van der Waals surface area contributed by atoms with E-state index in [1.165, 1.54) is 17.0 Å². The van der Waals surface area contributed by atoms with E-state index in [2.05, 4.69) is 5.32 Å². The standard InChI is InChI=1S/C37H43N3O5S/c1-5-29(4)38-37(42)35(25-30-15-9-7-10-16-30)39(26-31-17-13-14-28(3)24-31)36(41)27-40(32-20-22-33(23-21-32)45-6-2)46(43,44)34-18-11-8-12-19-34/h7-24,29,35H,5-6,25-27H2,1-4H3,(H,38,42). The molecule has 0 radical (unpaired) electrons. The van der Waals surface area contributed by atoms with Crippen molar-refractivity contribution in [3.63, 3.8) is 0 Å². The summed E-state index contributed by atoms with van der Waals surface area (Å²) in [6.07, 6.45) is 0.978. The molecule has 0 spiro atoms. The summed E-state index contributed by atoms with van der Waals surface area (Å²) >= 11 is 0. The molecule has 1 N–H and O–H groups in total. The van der Waals surface area contributed by atoms with Crippen molar-refractivity contribution >= 4 is 27.5 Å². The van der Waals surface area contributed by atoms with Crippen LogP contribution >= 0.6 is 0 Å². The molecule has 0 heterocycles. The van der Waals surface area contributed by atoms with E-state index in [-0.39, 0.29) is 29.8 Å². The first kappa shape index (κ1) is 34.2. The molecule has 0 aliphatic heterocycles. The number of nitrogens with zero attached hydrogens (tertiary/aromatic N) is 2. The lowest BCUT2D eigenvalue weighted by Gasteiger charge is -2.34. The van der Waals surface area contributed by atoms with Crippen LogP contribution < -0.4 is 14.4 Å². The lowest BCUT2D eigenvalue weighted by molar-refractivity contribution is -0.140. The average Bonchev–Trinajstić information content (AvgIpc) is 3.06. The highest BCUT2D eigenvalue weighted by Gasteiger charge is 2.35. The molecule has 8 nitrogen and oxygen atoms in total. The molecule has 4 aromatic carbocycles. The Kier molecular flexibility index (Phi) is 12.0. The molecule has 0 aromatic heterocycles. The Balaban J connectivity index is 1.80. The number of anilines is 1. The van der Waals surface area contributed by atoms with Gasteiger partial charge in [-0.25, -0.2) is 8.42 Å². The molecule has 2 amide bonds. The first-order valence-corrected chi connectivity index (χ1v) is 17.1. The van der Waals surface area contributed by atoms with Gasteiger partial charge in [-0.05, 0) is 74.7 Å². The van der Waals surface area contributed by atoms with Gasteiger partial charge in [-0.2, -0.15) is 0 Å². The zero-order valence-corrected chi connectivity index (χ0v) is 27.7. The van der Waals surface area contributed by atoms with Gasteiger partial charge in [-0.3, -0.25) is 13.9 Å². The molecule has 0 saturated heterocycles. The normalized spacial score (nSPS) is 12.5. The number of hydrogen-bond acceptors (Lipinski definition) is 5. The minimum Gasteiger partial charge on any atom is -0.494 e. The van der Waals surface area contributed by atoms with Gasteiger partial charge in [0.15, 0.2) is 0 Å². The van der Waals surface area contributed by atoms with Crippen LogP contribution in [0.15, 0.2) is 114 Å². The van der Waals surface area contributed by atoms with E-state index in [9.17, 15) is 18.0 Å². The lowest BCUT2D eigenvalue weighted by atomic mass is 10.0. The molecule has 0 bridgehead atoms. The van der Waals surface area contributed by atoms with Gasteiger partial charge in [-0.15, -0.1) is 0 Å². The summed E-state index contributed by atoms with van der Waals surface area (Å²) in [6.45, 7) is 7.80. The smallest absolute Gasteiger partial charge is 0.264 e. The predicted octanol–water partition coefficient (Wildman–Crippen LogP) is 6.14. The van der Waals surface area contributed by atoms with E-state index in [0.29, 0.717) is 18.0 Å². The summed E-state index contributed by atoms with van der Waals surface area (Å²) in [5.41, 5.74) is 3.03. The minimum atomic E-state index is -4.17. The van der Waals surface area contributed by atoms with E-state index in [1.807, 2.05) is 82.3 Å². The van der Waals surface area contributed by atoms with E-state index in [1.54, 1.807) is 42.5 Å². The zero-order chi connectivity index (χ0) is 33.1. The van der Waals surface area contributed by atoms with Crippen LogP contribution in [0, 0.1) is 6.92 Å². The van der Waals surface area contributed by atoms with Crippen LogP contribution in [0.5, 0.6) is 5.75 Å². The quantitative estimate of drug-likeness (QED) is 0.168. The number of aryl methyl sites for hydroxylation is 1. The maximum Gasteiger partial charge on any atom is 0.264 e. The Morgan fingerprint density at radius 1 is 0.826 bits per heavy atom. The van der Waals surface area contributed by atoms with Crippen molar-refractivity contribution in [1.82, 2.24) is 10.2 Å². The molecular weight excluding hydrogens is 598 g/mol. The topological polar surface area (TPSA) is 96.0 Å². The fourth-order valence-electron chi connectivity index (χ4n) is 5.13. The summed E-state index contributed by atoms with van der Waals surface area (Å²) in [6, 6.07) is 30.9. The Hall–Kier alpha value is -4.63. The fourth-order valence-corrected chi connectivity index (χ4v) is 6.56. The number of ether oxygens (including phenoxy) is 1. The van der Waals surface area contributed by atoms with Crippen LogP contribution in [0.25, 0.3) is 0 Å². The highest BCUT2D eigenvalue weighted by molar-refractivity contribution is 7.92. The molecule has 2 unspecified atom stereocenters. The molecule has 46 heavy (non-hydrogen) atoms. The summed E-state index contributed by atoms with van der Waals surface area (Å²) in [5.74, 6) is -0.215. The van der Waals surface area contributed by atoms with E-state index in [0.717, 1.165) is 27.4 Å². The third-order valence-corrected chi connectivity index (χ3v) is 9.54. The molecule has 2 atom stereocenters. The molecule has 4 rings (SSSR count). The van der Waals surface area contributed by atoms with Gasteiger partial charge in [-0.1, -0.05) is 85.3 Å². The van der Waals surface area contributed by atoms with Gasteiger partial charge >= 0.3 is 0 Å². The van der Waals surface area contributed by atoms with Crippen LogP contribution in [-0.4, -0.2) is 50.4 Å². The van der Waals surface area contributed by atoms with E-state index in [4.69, 9.17) is 4.74 Å². The first-order chi connectivity index (χ1) is 22.1. The Morgan fingerprint density at radius 2 is 1.46 bits per heavy atom. The van der Waals surface area contributed by atoms with Crippen molar-refractivity contribution in [1.29, 1.82) is 0 Å². The molecule has 242 valence electrons. The number of nitrogens with one attached hydrogen (secondary N) is 1. The van der Waals surface area contributed by atoms with Gasteiger partial charge in [0, 0.05) is 19.0 Å². The van der Waals surface area contributed by atoms with Gasteiger partial charge in [0.1, 0.15) is 18.3 Å². The summed E-state index contributed by atoms with van der Waals surface area (Å²) in [7, 11) is -4.17. The molecule has 0 aliphatic rings. The lowest BCUT2D eigenvalue weighted by Crippen LogP contribution is -2.54. The SMILES string of the molecule is CCOc1ccc(N(CC(=O)N(Cc2cccc(C)c2)C(Cc2ccccc2)C(=O)NC(C)CC)S(=O)(=O)c2ccccc2)cc1. The van der Waals surface area contributed by atoms with Crippen molar-refractivity contribution in [3.05, 3.63) is 126 Å². The monoisotopic (exact) mass is 641 g/mol. The van der Waals surface area contributed by atoms with Crippen LogP contribution in [0.4, 0.5) is 5.69 Å². The Labute approximate surface area is 273 Å². The maximum absolute atomic E-state index is 14.6. The largest absolute Gasteiger partial charge is 0.494 e. The predicted molar refractivity (Wildman–Crippen MR) is 182 cm³/mol. The van der Waals surface area contributed by atoms with Crippen molar-refractivity contribution < 1.29 is 22.7 Å². The average molecular weight is 642 g/mol.